The summed E-state index contributed by atoms with van der Waals surface area (Å²) in [6, 6.07) is 10.8. The minimum absolute atomic E-state index is 0.0824. The molecule has 176 valence electrons. The molecule has 1 aliphatic heterocycles. The molecule has 9 nitrogen and oxygen atoms in total. The average molecular weight is 461 g/mol. The van der Waals surface area contributed by atoms with Crippen molar-refractivity contribution >= 4 is 17.2 Å². The number of hydrogen-bond acceptors (Lipinski definition) is 6. The van der Waals surface area contributed by atoms with E-state index >= 15 is 0 Å². The maximum atomic E-state index is 12.6. The average Bonchev–Trinajstić information content (AvgIpc) is 3.24. The first kappa shape index (κ1) is 22.2. The molecule has 1 amide bonds. The second-order valence-electron chi connectivity index (χ2n) is 9.73. The standard InChI is InChI=1S/C25H28N6O3/c1-25(2,3)20-15-34-14-19(28-20)16-7-8-21-27-17(13-30(21)12-16)11-26-24(33)18-10-23(32)31-9-5-4-6-22(31)29-18/h4-10,12-13,19-20,28H,11,14-15H2,1-3H3,(H,26,33)/t19-,20+/m0/s1. The molecule has 4 aromatic heterocycles. The lowest BCUT2D eigenvalue weighted by Gasteiger charge is -2.39. The van der Waals surface area contributed by atoms with E-state index in [1.807, 2.05) is 22.9 Å². The van der Waals surface area contributed by atoms with Crippen LogP contribution in [0.1, 0.15) is 48.6 Å². The largest absolute Gasteiger partial charge is 0.378 e. The summed E-state index contributed by atoms with van der Waals surface area (Å²) in [4.78, 5) is 33.8. The van der Waals surface area contributed by atoms with E-state index in [0.29, 0.717) is 24.6 Å². The molecule has 5 rings (SSSR count). The third-order valence-corrected chi connectivity index (χ3v) is 6.18. The Labute approximate surface area is 196 Å². The summed E-state index contributed by atoms with van der Waals surface area (Å²) in [6.07, 6.45) is 5.56. The van der Waals surface area contributed by atoms with Gasteiger partial charge in [-0.1, -0.05) is 32.9 Å². The minimum atomic E-state index is -0.419. The van der Waals surface area contributed by atoms with Crippen molar-refractivity contribution in [2.45, 2.75) is 39.4 Å². The molecular weight excluding hydrogens is 432 g/mol. The van der Waals surface area contributed by atoms with Crippen molar-refractivity contribution in [3.8, 4) is 0 Å². The van der Waals surface area contributed by atoms with Gasteiger partial charge in [-0.3, -0.25) is 14.0 Å². The molecule has 2 N–H and O–H groups in total. The fourth-order valence-corrected chi connectivity index (χ4v) is 4.12. The Morgan fingerprint density at radius 2 is 2.00 bits per heavy atom. The number of pyridine rings is 2. The Morgan fingerprint density at radius 1 is 1.15 bits per heavy atom. The predicted octanol–water partition coefficient (Wildman–Crippen LogP) is 2.35. The summed E-state index contributed by atoms with van der Waals surface area (Å²) in [5.41, 5.74) is 2.94. The van der Waals surface area contributed by atoms with Crippen LogP contribution in [0.4, 0.5) is 0 Å². The van der Waals surface area contributed by atoms with Gasteiger partial charge in [0.25, 0.3) is 11.5 Å². The number of carbonyl (C=O) groups excluding carboxylic acids is 1. The van der Waals surface area contributed by atoms with Crippen LogP contribution < -0.4 is 16.2 Å². The Hall–Kier alpha value is -3.56. The molecule has 9 heteroatoms. The number of nitrogens with zero attached hydrogens (tertiary/aromatic N) is 4. The number of fused-ring (bicyclic) bond motifs is 2. The van der Waals surface area contributed by atoms with Crippen LogP contribution in [0.3, 0.4) is 0 Å². The summed E-state index contributed by atoms with van der Waals surface area (Å²) in [6.45, 7) is 8.17. The Morgan fingerprint density at radius 3 is 2.82 bits per heavy atom. The Balaban J connectivity index is 1.30. The highest BCUT2D eigenvalue weighted by molar-refractivity contribution is 5.92. The van der Waals surface area contributed by atoms with Crippen molar-refractivity contribution in [3.05, 3.63) is 82.3 Å². The first-order valence-corrected chi connectivity index (χ1v) is 11.4. The second kappa shape index (κ2) is 8.66. The summed E-state index contributed by atoms with van der Waals surface area (Å²) in [5.74, 6) is -0.419. The van der Waals surface area contributed by atoms with Gasteiger partial charge in [-0.25, -0.2) is 9.97 Å². The number of imidazole rings is 1. The monoisotopic (exact) mass is 460 g/mol. The van der Waals surface area contributed by atoms with E-state index in [-0.39, 0.29) is 35.3 Å². The smallest absolute Gasteiger partial charge is 0.270 e. The molecule has 0 saturated carbocycles. The van der Waals surface area contributed by atoms with Gasteiger partial charge in [0.2, 0.25) is 0 Å². The first-order valence-electron chi connectivity index (χ1n) is 11.4. The van der Waals surface area contributed by atoms with Crippen molar-refractivity contribution in [3.63, 3.8) is 0 Å². The van der Waals surface area contributed by atoms with E-state index in [2.05, 4.69) is 47.4 Å². The number of morpholine rings is 1. The third-order valence-electron chi connectivity index (χ3n) is 6.18. The molecule has 0 bridgehead atoms. The fraction of sp³-hybridized carbons (Fsp3) is 0.360. The number of carbonyl (C=O) groups is 1. The highest BCUT2D eigenvalue weighted by Gasteiger charge is 2.31. The third kappa shape index (κ3) is 4.44. The zero-order chi connectivity index (χ0) is 23.9. The molecule has 1 fully saturated rings. The highest BCUT2D eigenvalue weighted by atomic mass is 16.5. The van der Waals surface area contributed by atoms with E-state index in [4.69, 9.17) is 4.74 Å². The summed E-state index contributed by atoms with van der Waals surface area (Å²) < 4.78 is 9.22. The van der Waals surface area contributed by atoms with Crippen molar-refractivity contribution in [1.82, 2.24) is 29.4 Å². The van der Waals surface area contributed by atoms with Gasteiger partial charge in [-0.05, 0) is 29.2 Å². The molecule has 5 heterocycles. The molecule has 1 aliphatic rings. The molecule has 0 aromatic carbocycles. The van der Waals surface area contributed by atoms with Crippen LogP contribution in [-0.2, 0) is 11.3 Å². The van der Waals surface area contributed by atoms with Gasteiger partial charge in [0.05, 0.1) is 31.5 Å². The van der Waals surface area contributed by atoms with E-state index in [1.54, 1.807) is 24.4 Å². The van der Waals surface area contributed by atoms with Crippen LogP contribution in [-0.4, -0.2) is 43.9 Å². The Kier molecular flexibility index (Phi) is 5.66. The number of ether oxygens (including phenoxy) is 1. The second-order valence-corrected chi connectivity index (χ2v) is 9.73. The number of amides is 1. The predicted molar refractivity (Wildman–Crippen MR) is 128 cm³/mol. The van der Waals surface area contributed by atoms with Crippen LogP contribution >= 0.6 is 0 Å². The lowest BCUT2D eigenvalue weighted by Crippen LogP contribution is -2.50. The molecule has 0 spiro atoms. The van der Waals surface area contributed by atoms with Crippen LogP contribution in [0, 0.1) is 5.41 Å². The van der Waals surface area contributed by atoms with Crippen LogP contribution in [0.15, 0.2) is 59.8 Å². The number of rotatable bonds is 4. The van der Waals surface area contributed by atoms with Crippen LogP contribution in [0.25, 0.3) is 11.3 Å². The van der Waals surface area contributed by atoms with Crippen molar-refractivity contribution in [2.75, 3.05) is 13.2 Å². The molecule has 2 atom stereocenters. The van der Waals surface area contributed by atoms with Gasteiger partial charge in [-0.2, -0.15) is 0 Å². The van der Waals surface area contributed by atoms with Crippen LogP contribution in [0.2, 0.25) is 0 Å². The maximum absolute atomic E-state index is 12.6. The topological polar surface area (TPSA) is 102 Å². The van der Waals surface area contributed by atoms with Crippen molar-refractivity contribution in [2.24, 2.45) is 5.41 Å². The van der Waals surface area contributed by atoms with Gasteiger partial charge >= 0.3 is 0 Å². The summed E-state index contributed by atoms with van der Waals surface area (Å²) in [5, 5.41) is 6.52. The van der Waals surface area contributed by atoms with Gasteiger partial charge in [0.15, 0.2) is 0 Å². The molecule has 4 aromatic rings. The van der Waals surface area contributed by atoms with Crippen molar-refractivity contribution in [1.29, 1.82) is 0 Å². The first-order chi connectivity index (χ1) is 16.3. The van der Waals surface area contributed by atoms with Gasteiger partial charge in [-0.15, -0.1) is 0 Å². The fourth-order valence-electron chi connectivity index (χ4n) is 4.12. The zero-order valence-corrected chi connectivity index (χ0v) is 19.5. The van der Waals surface area contributed by atoms with Gasteiger partial charge in [0.1, 0.15) is 17.0 Å². The van der Waals surface area contributed by atoms with E-state index in [0.717, 1.165) is 11.2 Å². The lowest BCUT2D eigenvalue weighted by atomic mass is 9.85. The molecule has 34 heavy (non-hydrogen) atoms. The molecule has 0 radical (unpaired) electrons. The van der Waals surface area contributed by atoms with E-state index in [9.17, 15) is 9.59 Å². The number of hydrogen-bond donors (Lipinski definition) is 2. The van der Waals surface area contributed by atoms with E-state index in [1.165, 1.54) is 10.5 Å². The van der Waals surface area contributed by atoms with Gasteiger partial charge < -0.3 is 19.8 Å². The minimum Gasteiger partial charge on any atom is -0.378 e. The lowest BCUT2D eigenvalue weighted by molar-refractivity contribution is 0.0107. The SMILES string of the molecule is CC(C)(C)[C@H]1COC[C@@H](c2ccc3nc(CNC(=O)c4cc(=O)n5ccccc5n4)cn3c2)N1. The molecular formula is C25H28N6O3. The normalized spacial score (nSPS) is 18.9. The van der Waals surface area contributed by atoms with Crippen LogP contribution in [0.5, 0.6) is 0 Å². The molecule has 1 saturated heterocycles. The zero-order valence-electron chi connectivity index (χ0n) is 19.5. The highest BCUT2D eigenvalue weighted by Crippen LogP contribution is 2.27. The summed E-state index contributed by atoms with van der Waals surface area (Å²) >= 11 is 0. The summed E-state index contributed by atoms with van der Waals surface area (Å²) in [7, 11) is 0. The molecule has 0 aliphatic carbocycles. The van der Waals surface area contributed by atoms with Crippen molar-refractivity contribution < 1.29 is 9.53 Å². The van der Waals surface area contributed by atoms with E-state index < -0.39 is 5.91 Å². The number of aromatic nitrogens is 4. The Bertz CT molecular complexity index is 1420. The number of nitrogens with one attached hydrogen (secondary N) is 2. The quantitative estimate of drug-likeness (QED) is 0.485. The molecule has 0 unspecified atom stereocenters. The maximum Gasteiger partial charge on any atom is 0.270 e. The van der Waals surface area contributed by atoms with Gasteiger partial charge in [0, 0.05) is 30.7 Å².